The quantitative estimate of drug-likeness (QED) is 0.805. The van der Waals surface area contributed by atoms with Crippen LogP contribution in [0.2, 0.25) is 0 Å². The predicted octanol–water partition coefficient (Wildman–Crippen LogP) is 2.32. The van der Waals surface area contributed by atoms with Gasteiger partial charge in [0, 0.05) is 11.6 Å². The average Bonchev–Trinajstić information content (AvgIpc) is 2.55. The molecule has 4 aliphatic rings. The molecule has 0 aliphatic heterocycles. The molecule has 1 aromatic rings. The van der Waals surface area contributed by atoms with Gasteiger partial charge in [0.15, 0.2) is 12.4 Å². The molecule has 5 heteroatoms. The highest BCUT2D eigenvalue weighted by atomic mass is 16.5. The number of ether oxygens (including phenoxy) is 1. The van der Waals surface area contributed by atoms with E-state index in [1.807, 2.05) is 0 Å². The number of nitrogens with one attached hydrogen (secondary N) is 1. The summed E-state index contributed by atoms with van der Waals surface area (Å²) >= 11 is 0. The third-order valence-corrected chi connectivity index (χ3v) is 6.20. The van der Waals surface area contributed by atoms with E-state index in [0.29, 0.717) is 29.1 Å². The van der Waals surface area contributed by atoms with Gasteiger partial charge in [-0.1, -0.05) is 0 Å². The minimum Gasteiger partial charge on any atom is -0.484 e. The summed E-state index contributed by atoms with van der Waals surface area (Å²) < 4.78 is 5.54. The Kier molecular flexibility index (Phi) is 4.07. The molecule has 5 nitrogen and oxygen atoms in total. The van der Waals surface area contributed by atoms with Crippen LogP contribution < -0.4 is 10.1 Å². The molecule has 4 saturated carbocycles. The molecule has 4 fully saturated rings. The van der Waals surface area contributed by atoms with Gasteiger partial charge in [-0.3, -0.25) is 9.59 Å². The van der Waals surface area contributed by atoms with Crippen molar-refractivity contribution in [2.45, 2.75) is 50.7 Å². The largest absolute Gasteiger partial charge is 0.484 e. The fourth-order valence-electron chi connectivity index (χ4n) is 5.38. The molecule has 1 aromatic carbocycles. The van der Waals surface area contributed by atoms with Crippen LogP contribution in [0.3, 0.4) is 0 Å². The second-order valence-corrected chi connectivity index (χ2v) is 8.16. The molecule has 1 amide bonds. The van der Waals surface area contributed by atoms with Crippen LogP contribution in [0.15, 0.2) is 24.3 Å². The minimum atomic E-state index is -0.479. The van der Waals surface area contributed by atoms with Gasteiger partial charge in [0.05, 0.1) is 5.60 Å². The molecule has 4 aliphatic carbocycles. The van der Waals surface area contributed by atoms with E-state index in [1.165, 1.54) is 6.92 Å². The standard InChI is InChI=1S/C20H25NO4/c1-12(22)14-2-4-17(5-3-14)25-11-18(23)21-19-15-6-13-7-16(19)10-20(24,8-13)9-15/h2-5,13,15-16,19,24H,6-11H2,1H3,(H,21,23). The van der Waals surface area contributed by atoms with Gasteiger partial charge in [-0.2, -0.15) is 0 Å². The SMILES string of the molecule is CC(=O)c1ccc(OCC(=O)NC2C3CC4CC2CC(O)(C4)C3)cc1. The van der Waals surface area contributed by atoms with E-state index in [2.05, 4.69) is 5.32 Å². The van der Waals surface area contributed by atoms with Crippen molar-refractivity contribution in [1.29, 1.82) is 0 Å². The molecule has 5 rings (SSSR count). The molecule has 2 unspecified atom stereocenters. The number of aliphatic hydroxyl groups is 1. The highest BCUT2D eigenvalue weighted by molar-refractivity contribution is 5.94. The number of carbonyl (C=O) groups is 2. The highest BCUT2D eigenvalue weighted by Crippen LogP contribution is 2.55. The van der Waals surface area contributed by atoms with Gasteiger partial charge in [0.1, 0.15) is 5.75 Å². The van der Waals surface area contributed by atoms with Crippen LogP contribution >= 0.6 is 0 Å². The topological polar surface area (TPSA) is 75.6 Å². The Labute approximate surface area is 147 Å². The van der Waals surface area contributed by atoms with Crippen LogP contribution in [0.5, 0.6) is 5.75 Å². The Morgan fingerprint density at radius 1 is 1.16 bits per heavy atom. The second kappa shape index (κ2) is 6.13. The molecule has 0 saturated heterocycles. The lowest BCUT2D eigenvalue weighted by Crippen LogP contribution is -2.62. The lowest BCUT2D eigenvalue weighted by Gasteiger charge is -2.58. The Bertz CT molecular complexity index is 667. The molecule has 134 valence electrons. The first kappa shape index (κ1) is 16.6. The molecular weight excluding hydrogens is 318 g/mol. The molecule has 25 heavy (non-hydrogen) atoms. The van der Waals surface area contributed by atoms with E-state index in [1.54, 1.807) is 24.3 Å². The van der Waals surface area contributed by atoms with Crippen molar-refractivity contribution in [2.24, 2.45) is 17.8 Å². The Hall–Kier alpha value is -1.88. The third-order valence-electron chi connectivity index (χ3n) is 6.20. The number of ketones is 1. The molecule has 0 heterocycles. The van der Waals surface area contributed by atoms with Gasteiger partial charge < -0.3 is 15.2 Å². The van der Waals surface area contributed by atoms with E-state index in [0.717, 1.165) is 32.1 Å². The van der Waals surface area contributed by atoms with Crippen LogP contribution in [0.1, 0.15) is 49.4 Å². The summed E-state index contributed by atoms with van der Waals surface area (Å²) in [5, 5.41) is 13.8. The lowest BCUT2D eigenvalue weighted by molar-refractivity contribution is -0.147. The van der Waals surface area contributed by atoms with Crippen LogP contribution in [0.25, 0.3) is 0 Å². The lowest BCUT2D eigenvalue weighted by atomic mass is 9.52. The van der Waals surface area contributed by atoms with E-state index in [4.69, 9.17) is 4.74 Å². The number of benzene rings is 1. The summed E-state index contributed by atoms with van der Waals surface area (Å²) in [6.45, 7) is 1.49. The van der Waals surface area contributed by atoms with Gasteiger partial charge in [-0.05, 0) is 81.0 Å². The first-order valence-electron chi connectivity index (χ1n) is 9.17. The Balaban J connectivity index is 1.31. The van der Waals surface area contributed by atoms with Crippen LogP contribution in [-0.2, 0) is 4.79 Å². The summed E-state index contributed by atoms with van der Waals surface area (Å²) in [6, 6.07) is 7.00. The number of Topliss-reactive ketones (excluding diaryl/α,β-unsaturated/α-hetero) is 1. The van der Waals surface area contributed by atoms with Crippen molar-refractivity contribution in [1.82, 2.24) is 5.32 Å². The average molecular weight is 343 g/mol. The molecule has 4 bridgehead atoms. The summed E-state index contributed by atoms with van der Waals surface area (Å²) in [5.41, 5.74) is 0.149. The number of rotatable bonds is 5. The van der Waals surface area contributed by atoms with Crippen LogP contribution in [0.4, 0.5) is 0 Å². The maximum absolute atomic E-state index is 12.3. The number of carbonyl (C=O) groups excluding carboxylic acids is 2. The zero-order valence-corrected chi connectivity index (χ0v) is 14.5. The summed E-state index contributed by atoms with van der Waals surface area (Å²) in [4.78, 5) is 23.6. The predicted molar refractivity (Wildman–Crippen MR) is 92.4 cm³/mol. The van der Waals surface area contributed by atoms with Crippen LogP contribution in [0, 0.1) is 17.8 Å². The Morgan fingerprint density at radius 2 is 1.80 bits per heavy atom. The maximum atomic E-state index is 12.3. The molecule has 2 atom stereocenters. The molecule has 0 spiro atoms. The zero-order valence-electron chi connectivity index (χ0n) is 14.5. The van der Waals surface area contributed by atoms with Gasteiger partial charge in [-0.25, -0.2) is 0 Å². The van der Waals surface area contributed by atoms with Gasteiger partial charge >= 0.3 is 0 Å². The van der Waals surface area contributed by atoms with Crippen molar-refractivity contribution in [3.8, 4) is 5.75 Å². The highest BCUT2D eigenvalue weighted by Gasteiger charge is 2.54. The monoisotopic (exact) mass is 343 g/mol. The normalized spacial score (nSPS) is 35.4. The molecule has 0 radical (unpaired) electrons. The maximum Gasteiger partial charge on any atom is 0.258 e. The first-order valence-corrected chi connectivity index (χ1v) is 9.17. The summed E-state index contributed by atoms with van der Waals surface area (Å²) in [7, 11) is 0. The summed E-state index contributed by atoms with van der Waals surface area (Å²) in [6.07, 6.45) is 4.82. The summed E-state index contributed by atoms with van der Waals surface area (Å²) in [5.74, 6) is 1.91. The van der Waals surface area contributed by atoms with Gasteiger partial charge in [0.25, 0.3) is 5.91 Å². The van der Waals surface area contributed by atoms with Crippen molar-refractivity contribution < 1.29 is 19.4 Å². The molecular formula is C20H25NO4. The number of hydrogen-bond acceptors (Lipinski definition) is 4. The molecule has 2 N–H and O–H groups in total. The smallest absolute Gasteiger partial charge is 0.258 e. The van der Waals surface area contributed by atoms with Crippen molar-refractivity contribution in [3.05, 3.63) is 29.8 Å². The van der Waals surface area contributed by atoms with E-state index in [9.17, 15) is 14.7 Å². The minimum absolute atomic E-state index is 0.00725. The van der Waals surface area contributed by atoms with E-state index < -0.39 is 5.60 Å². The fraction of sp³-hybridized carbons (Fsp3) is 0.600. The number of hydrogen-bond donors (Lipinski definition) is 2. The fourth-order valence-corrected chi connectivity index (χ4v) is 5.38. The second-order valence-electron chi connectivity index (χ2n) is 8.16. The van der Waals surface area contributed by atoms with Crippen molar-refractivity contribution >= 4 is 11.7 Å². The zero-order chi connectivity index (χ0) is 17.6. The number of amides is 1. The molecule has 0 aromatic heterocycles. The first-order chi connectivity index (χ1) is 11.9. The van der Waals surface area contributed by atoms with E-state index >= 15 is 0 Å². The third kappa shape index (κ3) is 3.30. The Morgan fingerprint density at radius 3 is 2.36 bits per heavy atom. The van der Waals surface area contributed by atoms with Gasteiger partial charge in [0.2, 0.25) is 0 Å². The van der Waals surface area contributed by atoms with Crippen LogP contribution in [-0.4, -0.2) is 35.0 Å². The van der Waals surface area contributed by atoms with E-state index in [-0.39, 0.29) is 24.3 Å². The van der Waals surface area contributed by atoms with Crippen molar-refractivity contribution in [2.75, 3.05) is 6.61 Å². The van der Waals surface area contributed by atoms with Gasteiger partial charge in [-0.15, -0.1) is 0 Å². The van der Waals surface area contributed by atoms with Crippen molar-refractivity contribution in [3.63, 3.8) is 0 Å².